The Morgan fingerprint density at radius 1 is 1.32 bits per heavy atom. The van der Waals surface area contributed by atoms with Crippen molar-refractivity contribution < 1.29 is 9.32 Å². The number of nitrogens with zero attached hydrogens (tertiary/aromatic N) is 4. The Morgan fingerprint density at radius 3 is 2.65 bits per heavy atom. The second-order valence-corrected chi connectivity index (χ2v) is 9.24. The number of nitrogens with two attached hydrogens (primary N) is 1. The fourth-order valence-electron chi connectivity index (χ4n) is 3.50. The highest BCUT2D eigenvalue weighted by molar-refractivity contribution is 5.91. The molecule has 8 nitrogen and oxygen atoms in total. The lowest BCUT2D eigenvalue weighted by atomic mass is 9.91. The van der Waals surface area contributed by atoms with Crippen LogP contribution in [0.3, 0.4) is 0 Å². The third kappa shape index (κ3) is 4.77. The number of hydrogen-bond acceptors (Lipinski definition) is 6. The summed E-state index contributed by atoms with van der Waals surface area (Å²) in [5.41, 5.74) is 9.62. The van der Waals surface area contributed by atoms with E-state index in [9.17, 15) is 10.1 Å². The van der Waals surface area contributed by atoms with E-state index in [1.807, 2.05) is 24.3 Å². The predicted octanol–water partition coefficient (Wildman–Crippen LogP) is 4.10. The van der Waals surface area contributed by atoms with Gasteiger partial charge in [-0.2, -0.15) is 10.4 Å². The average Bonchev–Trinajstić information content (AvgIpc) is 3.37. The number of anilines is 2. The monoisotopic (exact) mass is 418 g/mol. The molecule has 1 fully saturated rings. The second-order valence-electron chi connectivity index (χ2n) is 9.24. The highest BCUT2D eigenvalue weighted by Gasteiger charge is 2.29. The Labute approximate surface area is 181 Å². The van der Waals surface area contributed by atoms with Crippen molar-refractivity contribution in [2.75, 3.05) is 11.1 Å². The van der Waals surface area contributed by atoms with Crippen molar-refractivity contribution in [2.45, 2.75) is 52.5 Å². The Kier molecular flexibility index (Phi) is 5.27. The van der Waals surface area contributed by atoms with Crippen LogP contribution in [0.1, 0.15) is 56.5 Å². The van der Waals surface area contributed by atoms with Gasteiger partial charge < -0.3 is 10.3 Å². The van der Waals surface area contributed by atoms with Crippen molar-refractivity contribution in [3.05, 3.63) is 47.2 Å². The van der Waals surface area contributed by atoms with Gasteiger partial charge in [0.05, 0.1) is 18.2 Å². The van der Waals surface area contributed by atoms with Crippen LogP contribution < -0.4 is 11.1 Å². The van der Waals surface area contributed by atoms with Gasteiger partial charge in [0, 0.05) is 11.6 Å². The lowest BCUT2D eigenvalue weighted by Crippen LogP contribution is -2.14. The molecule has 1 aromatic carbocycles. The molecule has 1 aliphatic rings. The molecule has 0 spiro atoms. The molecule has 0 unspecified atom stereocenters. The van der Waals surface area contributed by atoms with Gasteiger partial charge in [0.25, 0.3) is 0 Å². The first-order valence-electron chi connectivity index (χ1n) is 10.4. The van der Waals surface area contributed by atoms with Gasteiger partial charge in [-0.3, -0.25) is 10.1 Å². The van der Waals surface area contributed by atoms with Gasteiger partial charge in [0.15, 0.2) is 0 Å². The van der Waals surface area contributed by atoms with E-state index in [0.29, 0.717) is 29.0 Å². The number of nitriles is 1. The van der Waals surface area contributed by atoms with Crippen molar-refractivity contribution in [3.8, 4) is 17.3 Å². The minimum absolute atomic E-state index is 0.0878. The molecule has 3 N–H and O–H groups in total. The Bertz CT molecular complexity index is 1140. The average molecular weight is 419 g/mol. The molecule has 2 aromatic heterocycles. The first-order valence-corrected chi connectivity index (χ1v) is 10.4. The summed E-state index contributed by atoms with van der Waals surface area (Å²) in [6.07, 6.45) is 3.03. The van der Waals surface area contributed by atoms with Gasteiger partial charge in [-0.25, -0.2) is 4.68 Å². The third-order valence-electron chi connectivity index (χ3n) is 5.08. The third-order valence-corrected chi connectivity index (χ3v) is 5.08. The van der Waals surface area contributed by atoms with E-state index in [-0.39, 0.29) is 17.7 Å². The topological polar surface area (TPSA) is 123 Å². The van der Waals surface area contributed by atoms with E-state index in [2.05, 4.69) is 42.4 Å². The molecule has 1 amide bonds. The van der Waals surface area contributed by atoms with Crippen LogP contribution in [0.2, 0.25) is 0 Å². The maximum Gasteiger partial charge on any atom is 0.231 e. The highest BCUT2D eigenvalue weighted by Crippen LogP contribution is 2.39. The fraction of sp³-hybridized carbons (Fsp3) is 0.391. The van der Waals surface area contributed by atoms with Gasteiger partial charge in [-0.05, 0) is 30.2 Å². The molecule has 0 saturated heterocycles. The van der Waals surface area contributed by atoms with E-state index in [1.165, 1.54) is 0 Å². The van der Waals surface area contributed by atoms with Crippen LogP contribution in [0.4, 0.5) is 11.7 Å². The summed E-state index contributed by atoms with van der Waals surface area (Å²) in [6, 6.07) is 11.7. The normalized spacial score (nSPS) is 13.7. The van der Waals surface area contributed by atoms with Gasteiger partial charge in [0.1, 0.15) is 23.1 Å². The van der Waals surface area contributed by atoms with E-state index < -0.39 is 0 Å². The minimum Gasteiger partial charge on any atom is -0.383 e. The maximum atomic E-state index is 12.4. The van der Waals surface area contributed by atoms with Crippen molar-refractivity contribution in [2.24, 2.45) is 5.41 Å². The predicted molar refractivity (Wildman–Crippen MR) is 117 cm³/mol. The van der Waals surface area contributed by atoms with Crippen LogP contribution in [0, 0.1) is 16.7 Å². The first-order chi connectivity index (χ1) is 14.7. The summed E-state index contributed by atoms with van der Waals surface area (Å²) in [5, 5.41) is 20.8. The molecule has 1 aliphatic carbocycles. The van der Waals surface area contributed by atoms with Crippen molar-refractivity contribution in [3.63, 3.8) is 0 Å². The first kappa shape index (κ1) is 20.7. The molecule has 4 rings (SSSR count). The SMILES string of the molecule is CC(C)(C)Cc1cc(NC(=O)Cc2ccc(-c3nn(C4CC4)c(N)c3C#N)cc2)on1. The van der Waals surface area contributed by atoms with Crippen LogP contribution in [0.5, 0.6) is 0 Å². The molecule has 3 aromatic rings. The number of benzene rings is 1. The van der Waals surface area contributed by atoms with E-state index >= 15 is 0 Å². The number of aromatic nitrogens is 3. The smallest absolute Gasteiger partial charge is 0.231 e. The molecule has 0 bridgehead atoms. The number of carbonyl (C=O) groups is 1. The zero-order valence-corrected chi connectivity index (χ0v) is 18.0. The van der Waals surface area contributed by atoms with Gasteiger partial charge in [-0.15, -0.1) is 0 Å². The largest absolute Gasteiger partial charge is 0.383 e. The molecular formula is C23H26N6O2. The Morgan fingerprint density at radius 2 is 2.03 bits per heavy atom. The molecule has 0 atom stereocenters. The summed E-state index contributed by atoms with van der Waals surface area (Å²) in [5.74, 6) is 0.577. The second kappa shape index (κ2) is 7.91. The summed E-state index contributed by atoms with van der Waals surface area (Å²) < 4.78 is 6.97. The van der Waals surface area contributed by atoms with Crippen molar-refractivity contribution in [1.29, 1.82) is 5.26 Å². The van der Waals surface area contributed by atoms with E-state index in [4.69, 9.17) is 10.3 Å². The lowest BCUT2D eigenvalue weighted by Gasteiger charge is -2.14. The number of carbonyl (C=O) groups excluding carboxylic acids is 1. The summed E-state index contributed by atoms with van der Waals surface area (Å²) in [7, 11) is 0. The quantitative estimate of drug-likeness (QED) is 0.621. The van der Waals surface area contributed by atoms with Crippen molar-refractivity contribution >= 4 is 17.6 Å². The number of rotatable bonds is 6. The van der Waals surface area contributed by atoms with Crippen LogP contribution >= 0.6 is 0 Å². The minimum atomic E-state index is -0.189. The van der Waals surface area contributed by atoms with Crippen LogP contribution in [0.15, 0.2) is 34.9 Å². The van der Waals surface area contributed by atoms with Gasteiger partial charge >= 0.3 is 0 Å². The summed E-state index contributed by atoms with van der Waals surface area (Å²) in [6.45, 7) is 6.36. The zero-order valence-electron chi connectivity index (χ0n) is 18.0. The molecule has 1 saturated carbocycles. The Hall–Kier alpha value is -3.60. The van der Waals surface area contributed by atoms with E-state index in [1.54, 1.807) is 10.7 Å². The fourth-order valence-corrected chi connectivity index (χ4v) is 3.50. The molecule has 0 radical (unpaired) electrons. The van der Waals surface area contributed by atoms with Crippen LogP contribution in [-0.4, -0.2) is 20.8 Å². The van der Waals surface area contributed by atoms with Crippen LogP contribution in [-0.2, 0) is 17.6 Å². The van der Waals surface area contributed by atoms with Crippen LogP contribution in [0.25, 0.3) is 11.3 Å². The molecule has 0 aliphatic heterocycles. The Balaban J connectivity index is 1.42. The van der Waals surface area contributed by atoms with Gasteiger partial charge in [0.2, 0.25) is 11.8 Å². The number of nitrogen functional groups attached to an aromatic ring is 1. The zero-order chi connectivity index (χ0) is 22.2. The summed E-state index contributed by atoms with van der Waals surface area (Å²) >= 11 is 0. The molecular weight excluding hydrogens is 392 g/mol. The van der Waals surface area contributed by atoms with Crippen molar-refractivity contribution in [1.82, 2.24) is 14.9 Å². The number of amides is 1. The lowest BCUT2D eigenvalue weighted by molar-refractivity contribution is -0.115. The summed E-state index contributed by atoms with van der Waals surface area (Å²) in [4.78, 5) is 12.4. The number of hydrogen-bond donors (Lipinski definition) is 2. The van der Waals surface area contributed by atoms with Gasteiger partial charge in [-0.1, -0.05) is 50.2 Å². The molecule has 31 heavy (non-hydrogen) atoms. The highest BCUT2D eigenvalue weighted by atomic mass is 16.5. The maximum absolute atomic E-state index is 12.4. The molecule has 160 valence electrons. The molecule has 8 heteroatoms. The number of nitrogens with one attached hydrogen (secondary N) is 1. The van der Waals surface area contributed by atoms with E-state index in [0.717, 1.165) is 36.1 Å². The standard InChI is InChI=1S/C23H26N6O2/c1-23(2,3)12-16-11-20(31-28-16)26-19(30)10-14-4-6-15(7-5-14)21-18(13-24)22(25)29(27-21)17-8-9-17/h4-7,11,17H,8-10,12,25H2,1-3H3,(H,26,30). The molecule has 2 heterocycles.